The zero-order chi connectivity index (χ0) is 23.0. The third-order valence-corrected chi connectivity index (χ3v) is 4.79. The number of nitrogens with one attached hydrogen (secondary N) is 2. The van der Waals surface area contributed by atoms with Gasteiger partial charge in [0.1, 0.15) is 11.5 Å². The van der Waals surface area contributed by atoms with Crippen molar-refractivity contribution in [3.05, 3.63) is 71.8 Å². The van der Waals surface area contributed by atoms with Gasteiger partial charge in [-0.25, -0.2) is 0 Å². The molecule has 0 unspecified atom stereocenters. The van der Waals surface area contributed by atoms with E-state index >= 15 is 0 Å². The molecule has 2 N–H and O–H groups in total. The minimum Gasteiger partial charge on any atom is -0.497 e. The summed E-state index contributed by atoms with van der Waals surface area (Å²) >= 11 is 0. The Balaban J connectivity index is 1.49. The van der Waals surface area contributed by atoms with Crippen LogP contribution in [0.3, 0.4) is 0 Å². The Morgan fingerprint density at radius 2 is 1.03 bits per heavy atom. The summed E-state index contributed by atoms with van der Waals surface area (Å²) in [5.41, 5.74) is 1.89. The van der Waals surface area contributed by atoms with E-state index < -0.39 is 0 Å². The standard InChI is InChI=1S/C26H32N2O4/c1-31-23-13-7-21(8-14-23)11-17-25(29)27-19-5-3-4-6-20-28-26(30)18-12-22-9-15-24(32-2)16-10-22/h7-18H,3-6,19-20H2,1-2H3,(H,27,29)(H,28,30). The number of methoxy groups -OCH3 is 2. The van der Waals surface area contributed by atoms with Crippen molar-refractivity contribution < 1.29 is 19.1 Å². The van der Waals surface area contributed by atoms with E-state index in [-0.39, 0.29) is 11.8 Å². The lowest BCUT2D eigenvalue weighted by atomic mass is 10.2. The normalized spacial score (nSPS) is 10.9. The molecule has 0 radical (unpaired) electrons. The summed E-state index contributed by atoms with van der Waals surface area (Å²) in [6, 6.07) is 15.0. The van der Waals surface area contributed by atoms with Crippen LogP contribution in [0.5, 0.6) is 11.5 Å². The Morgan fingerprint density at radius 3 is 1.38 bits per heavy atom. The number of benzene rings is 2. The molecule has 6 heteroatoms. The molecule has 0 aliphatic heterocycles. The first-order valence-electron chi connectivity index (χ1n) is 10.8. The van der Waals surface area contributed by atoms with E-state index in [1.54, 1.807) is 26.4 Å². The van der Waals surface area contributed by atoms with Crippen molar-refractivity contribution in [3.8, 4) is 11.5 Å². The van der Waals surface area contributed by atoms with Gasteiger partial charge in [-0.15, -0.1) is 0 Å². The Labute approximate surface area is 190 Å². The van der Waals surface area contributed by atoms with Crippen LogP contribution in [0.4, 0.5) is 0 Å². The Morgan fingerprint density at radius 1 is 0.656 bits per heavy atom. The quantitative estimate of drug-likeness (QED) is 0.364. The first kappa shape index (κ1) is 24.7. The molecule has 0 fully saturated rings. The van der Waals surface area contributed by atoms with Crippen LogP contribution in [-0.2, 0) is 9.59 Å². The van der Waals surface area contributed by atoms with Crippen molar-refractivity contribution in [2.75, 3.05) is 27.3 Å². The van der Waals surface area contributed by atoms with E-state index in [0.717, 1.165) is 48.3 Å². The van der Waals surface area contributed by atoms with Gasteiger partial charge in [-0.3, -0.25) is 9.59 Å². The van der Waals surface area contributed by atoms with Crippen LogP contribution < -0.4 is 20.1 Å². The van der Waals surface area contributed by atoms with Gasteiger partial charge >= 0.3 is 0 Å². The second kappa shape index (κ2) is 14.5. The lowest BCUT2D eigenvalue weighted by molar-refractivity contribution is -0.117. The predicted octanol–water partition coefficient (Wildman–Crippen LogP) is 4.22. The van der Waals surface area contributed by atoms with Crippen molar-refractivity contribution >= 4 is 24.0 Å². The van der Waals surface area contributed by atoms with E-state index in [1.807, 2.05) is 48.5 Å². The average Bonchev–Trinajstić information content (AvgIpc) is 2.83. The van der Waals surface area contributed by atoms with Crippen LogP contribution in [0, 0.1) is 0 Å². The molecule has 0 aromatic heterocycles. The van der Waals surface area contributed by atoms with E-state index in [4.69, 9.17) is 9.47 Å². The minimum atomic E-state index is -0.100. The van der Waals surface area contributed by atoms with Gasteiger partial charge in [-0.05, 0) is 60.4 Å². The van der Waals surface area contributed by atoms with E-state index in [1.165, 1.54) is 12.2 Å². The number of unbranched alkanes of at least 4 members (excludes halogenated alkanes) is 3. The van der Waals surface area contributed by atoms with Crippen LogP contribution in [0.15, 0.2) is 60.7 Å². The highest BCUT2D eigenvalue weighted by molar-refractivity contribution is 5.92. The second-order valence-corrected chi connectivity index (χ2v) is 7.21. The topological polar surface area (TPSA) is 76.7 Å². The van der Waals surface area contributed by atoms with E-state index in [9.17, 15) is 9.59 Å². The summed E-state index contributed by atoms with van der Waals surface area (Å²) in [5, 5.41) is 5.77. The molecule has 0 aliphatic carbocycles. The highest BCUT2D eigenvalue weighted by Gasteiger charge is 1.98. The fraction of sp³-hybridized carbons (Fsp3) is 0.308. The van der Waals surface area contributed by atoms with Crippen molar-refractivity contribution in [2.45, 2.75) is 25.7 Å². The minimum absolute atomic E-state index is 0.100. The summed E-state index contributed by atoms with van der Waals surface area (Å²) in [5.74, 6) is 1.38. The molecular weight excluding hydrogens is 404 g/mol. The molecule has 0 aliphatic rings. The van der Waals surface area contributed by atoms with Gasteiger partial charge in [0.15, 0.2) is 0 Å². The summed E-state index contributed by atoms with van der Waals surface area (Å²) in [6.07, 6.45) is 10.5. The molecule has 2 rings (SSSR count). The molecule has 32 heavy (non-hydrogen) atoms. The third-order valence-electron chi connectivity index (χ3n) is 4.79. The average molecular weight is 437 g/mol. The van der Waals surface area contributed by atoms with Crippen molar-refractivity contribution in [1.82, 2.24) is 10.6 Å². The summed E-state index contributed by atoms with van der Waals surface area (Å²) in [4.78, 5) is 23.7. The maximum absolute atomic E-state index is 11.9. The van der Waals surface area contributed by atoms with Gasteiger partial charge in [0.25, 0.3) is 0 Å². The first-order chi connectivity index (χ1) is 15.6. The molecule has 0 atom stereocenters. The molecule has 2 aromatic carbocycles. The van der Waals surface area contributed by atoms with Gasteiger partial charge in [-0.1, -0.05) is 37.1 Å². The van der Waals surface area contributed by atoms with E-state index in [0.29, 0.717) is 13.1 Å². The molecule has 170 valence electrons. The summed E-state index contributed by atoms with van der Waals surface area (Å²) in [6.45, 7) is 1.28. The largest absolute Gasteiger partial charge is 0.497 e. The maximum Gasteiger partial charge on any atom is 0.243 e. The van der Waals surface area contributed by atoms with Crippen molar-refractivity contribution in [2.24, 2.45) is 0 Å². The van der Waals surface area contributed by atoms with Gasteiger partial charge in [0, 0.05) is 25.2 Å². The Bertz CT molecular complexity index is 812. The number of hydrogen-bond acceptors (Lipinski definition) is 4. The molecule has 2 amide bonds. The molecule has 0 saturated heterocycles. The van der Waals surface area contributed by atoms with Gasteiger partial charge in [0.05, 0.1) is 14.2 Å². The Hall–Kier alpha value is -3.54. The zero-order valence-electron chi connectivity index (χ0n) is 18.8. The van der Waals surface area contributed by atoms with E-state index in [2.05, 4.69) is 10.6 Å². The zero-order valence-corrected chi connectivity index (χ0v) is 18.8. The SMILES string of the molecule is COc1ccc(C=CC(=O)NCCCCCCNC(=O)C=Cc2ccc(OC)cc2)cc1. The Kier molecular flexibility index (Phi) is 11.2. The van der Waals surface area contributed by atoms with Gasteiger partial charge < -0.3 is 20.1 Å². The number of hydrogen-bond donors (Lipinski definition) is 2. The maximum atomic E-state index is 11.9. The third kappa shape index (κ3) is 9.98. The second-order valence-electron chi connectivity index (χ2n) is 7.21. The molecule has 2 aromatic rings. The van der Waals surface area contributed by atoms with Crippen molar-refractivity contribution in [3.63, 3.8) is 0 Å². The molecule has 0 saturated carbocycles. The molecule has 0 bridgehead atoms. The fourth-order valence-electron chi connectivity index (χ4n) is 2.92. The lowest BCUT2D eigenvalue weighted by Gasteiger charge is -2.04. The summed E-state index contributed by atoms with van der Waals surface area (Å²) < 4.78 is 10.2. The van der Waals surface area contributed by atoms with Crippen molar-refractivity contribution in [1.29, 1.82) is 0 Å². The fourth-order valence-corrected chi connectivity index (χ4v) is 2.92. The molecule has 0 heterocycles. The number of ether oxygens (including phenoxy) is 2. The highest BCUT2D eigenvalue weighted by atomic mass is 16.5. The molecular formula is C26H32N2O4. The predicted molar refractivity (Wildman–Crippen MR) is 129 cm³/mol. The molecule has 0 spiro atoms. The lowest BCUT2D eigenvalue weighted by Crippen LogP contribution is -2.23. The monoisotopic (exact) mass is 436 g/mol. The van der Waals surface area contributed by atoms with Crippen LogP contribution in [0.2, 0.25) is 0 Å². The number of rotatable bonds is 13. The molecule has 6 nitrogen and oxygen atoms in total. The van der Waals surface area contributed by atoms with Crippen LogP contribution in [0.25, 0.3) is 12.2 Å². The van der Waals surface area contributed by atoms with Crippen LogP contribution in [-0.4, -0.2) is 39.1 Å². The van der Waals surface area contributed by atoms with Crippen LogP contribution in [0.1, 0.15) is 36.8 Å². The highest BCUT2D eigenvalue weighted by Crippen LogP contribution is 2.13. The number of amides is 2. The smallest absolute Gasteiger partial charge is 0.243 e. The number of carbonyl (C=O) groups excluding carboxylic acids is 2. The van der Waals surface area contributed by atoms with Crippen LogP contribution >= 0.6 is 0 Å². The first-order valence-corrected chi connectivity index (χ1v) is 10.8. The number of carbonyl (C=O) groups is 2. The van der Waals surface area contributed by atoms with Gasteiger partial charge in [0.2, 0.25) is 11.8 Å². The summed E-state index contributed by atoms with van der Waals surface area (Å²) in [7, 11) is 3.24. The van der Waals surface area contributed by atoms with Gasteiger partial charge in [-0.2, -0.15) is 0 Å².